The minimum Gasteiger partial charge on any atom is -0.246 e. The van der Waals surface area contributed by atoms with Gasteiger partial charge in [-0.05, 0) is 60.7 Å². The van der Waals surface area contributed by atoms with Crippen LogP contribution in [0.3, 0.4) is 0 Å². The standard InChI is InChI=1S/C31H16Br3N3/c32-20-7-1-17(2-8-20)29-23-13-15-25-28-26(36-31(35-25)19-5-11-22(34)12-6-19)16-14-24(27(23)28)30(37-29)18-3-9-21(33)10-4-18/h1-16H. The number of hydrogen-bond acceptors (Lipinski definition) is 3. The fourth-order valence-corrected chi connectivity index (χ4v) is 5.70. The first-order valence-corrected chi connectivity index (χ1v) is 14.1. The van der Waals surface area contributed by atoms with E-state index in [9.17, 15) is 0 Å². The number of hydrogen-bond donors (Lipinski definition) is 0. The molecule has 2 heterocycles. The lowest BCUT2D eigenvalue weighted by Gasteiger charge is -2.17. The molecule has 0 saturated heterocycles. The van der Waals surface area contributed by atoms with Crippen molar-refractivity contribution in [3.05, 3.63) is 110 Å². The van der Waals surface area contributed by atoms with Gasteiger partial charge in [0.15, 0.2) is 5.82 Å². The highest BCUT2D eigenvalue weighted by molar-refractivity contribution is 9.11. The van der Waals surface area contributed by atoms with Crippen LogP contribution in [0.4, 0.5) is 0 Å². The van der Waals surface area contributed by atoms with Gasteiger partial charge in [-0.3, -0.25) is 0 Å². The molecule has 2 aromatic heterocycles. The van der Waals surface area contributed by atoms with Crippen molar-refractivity contribution in [3.8, 4) is 33.9 Å². The second-order valence-electron chi connectivity index (χ2n) is 8.89. The second kappa shape index (κ2) is 8.98. The Morgan fingerprint density at radius 1 is 0.378 bits per heavy atom. The third-order valence-corrected chi connectivity index (χ3v) is 8.23. The molecule has 37 heavy (non-hydrogen) atoms. The predicted octanol–water partition coefficient (Wildman–Crippen LogP) is 10.1. The van der Waals surface area contributed by atoms with Crippen molar-refractivity contribution in [2.24, 2.45) is 0 Å². The summed E-state index contributed by atoms with van der Waals surface area (Å²) >= 11 is 10.6. The lowest BCUT2D eigenvalue weighted by atomic mass is 9.93. The maximum Gasteiger partial charge on any atom is 0.160 e. The molecule has 0 N–H and O–H groups in total. The first kappa shape index (κ1) is 23.0. The lowest BCUT2D eigenvalue weighted by molar-refractivity contribution is 1.26. The van der Waals surface area contributed by atoms with Gasteiger partial charge in [0, 0.05) is 51.7 Å². The topological polar surface area (TPSA) is 38.7 Å². The Bertz CT molecular complexity index is 1820. The third kappa shape index (κ3) is 3.95. The van der Waals surface area contributed by atoms with Crippen molar-refractivity contribution in [3.63, 3.8) is 0 Å². The van der Waals surface area contributed by atoms with Gasteiger partial charge in [0.2, 0.25) is 0 Å². The van der Waals surface area contributed by atoms with Crippen LogP contribution in [-0.4, -0.2) is 15.0 Å². The van der Waals surface area contributed by atoms with Gasteiger partial charge in [0.1, 0.15) is 0 Å². The van der Waals surface area contributed by atoms with Crippen LogP contribution in [0.25, 0.3) is 66.5 Å². The molecule has 7 aromatic rings. The zero-order chi connectivity index (χ0) is 25.1. The summed E-state index contributed by atoms with van der Waals surface area (Å²) < 4.78 is 3.11. The fraction of sp³-hybridized carbons (Fsp3) is 0. The normalized spacial score (nSPS) is 11.6. The van der Waals surface area contributed by atoms with Gasteiger partial charge < -0.3 is 0 Å². The van der Waals surface area contributed by atoms with E-state index in [1.54, 1.807) is 0 Å². The van der Waals surface area contributed by atoms with Gasteiger partial charge in [0.25, 0.3) is 0 Å². The molecule has 0 radical (unpaired) electrons. The summed E-state index contributed by atoms with van der Waals surface area (Å²) in [5.74, 6) is 0.720. The maximum absolute atomic E-state index is 5.25. The summed E-state index contributed by atoms with van der Waals surface area (Å²) in [6.45, 7) is 0. The molecule has 0 aliphatic heterocycles. The SMILES string of the molecule is Brc1ccc(-c2nc3ccc4c(-c5ccc(Br)cc5)nc(-c5ccc(Br)cc5)c5ccc(n2)c3c45)cc1. The highest BCUT2D eigenvalue weighted by Gasteiger charge is 2.20. The molecule has 0 aliphatic rings. The van der Waals surface area contributed by atoms with Crippen molar-refractivity contribution in [1.29, 1.82) is 0 Å². The Hall–Kier alpha value is -3.19. The Labute approximate surface area is 238 Å². The molecular formula is C31H16Br3N3. The van der Waals surface area contributed by atoms with Gasteiger partial charge in [-0.1, -0.05) is 84.2 Å². The molecule has 7 rings (SSSR count). The summed E-state index contributed by atoms with van der Waals surface area (Å²) in [5, 5.41) is 4.39. The van der Waals surface area contributed by atoms with E-state index < -0.39 is 0 Å². The van der Waals surface area contributed by atoms with Crippen LogP contribution in [0.15, 0.2) is 110 Å². The Morgan fingerprint density at radius 3 is 1.22 bits per heavy atom. The third-order valence-electron chi connectivity index (χ3n) is 6.64. The Morgan fingerprint density at radius 2 is 0.784 bits per heavy atom. The fourth-order valence-electron chi connectivity index (χ4n) is 4.91. The van der Waals surface area contributed by atoms with Crippen molar-refractivity contribution in [1.82, 2.24) is 15.0 Å². The van der Waals surface area contributed by atoms with E-state index in [0.29, 0.717) is 0 Å². The van der Waals surface area contributed by atoms with Gasteiger partial charge in [0.05, 0.1) is 22.4 Å². The van der Waals surface area contributed by atoms with Crippen LogP contribution in [-0.2, 0) is 0 Å². The number of benzene rings is 5. The molecule has 0 aliphatic carbocycles. The predicted molar refractivity (Wildman–Crippen MR) is 163 cm³/mol. The average molecular weight is 670 g/mol. The van der Waals surface area contributed by atoms with Gasteiger partial charge in [-0.25, -0.2) is 15.0 Å². The van der Waals surface area contributed by atoms with Crippen LogP contribution >= 0.6 is 47.8 Å². The number of halogens is 3. The molecule has 0 saturated carbocycles. The number of pyridine rings is 1. The average Bonchev–Trinajstić information content (AvgIpc) is 2.92. The van der Waals surface area contributed by atoms with Crippen LogP contribution in [0.1, 0.15) is 0 Å². The molecule has 176 valence electrons. The molecule has 0 unspecified atom stereocenters. The molecule has 3 nitrogen and oxygen atoms in total. The van der Waals surface area contributed by atoms with Crippen LogP contribution in [0.5, 0.6) is 0 Å². The lowest BCUT2D eigenvalue weighted by Crippen LogP contribution is -1.98. The Kier molecular flexibility index (Phi) is 5.57. The van der Waals surface area contributed by atoms with Crippen molar-refractivity contribution < 1.29 is 0 Å². The zero-order valence-electron chi connectivity index (χ0n) is 19.2. The van der Waals surface area contributed by atoms with Crippen molar-refractivity contribution in [2.45, 2.75) is 0 Å². The van der Waals surface area contributed by atoms with E-state index in [2.05, 4.69) is 121 Å². The summed E-state index contributed by atoms with van der Waals surface area (Å²) in [4.78, 5) is 15.2. The van der Waals surface area contributed by atoms with Crippen molar-refractivity contribution in [2.75, 3.05) is 0 Å². The Balaban J connectivity index is 1.58. The van der Waals surface area contributed by atoms with Crippen LogP contribution in [0, 0.1) is 0 Å². The maximum atomic E-state index is 5.25. The van der Waals surface area contributed by atoms with Crippen LogP contribution < -0.4 is 0 Å². The quantitative estimate of drug-likeness (QED) is 0.176. The smallest absolute Gasteiger partial charge is 0.160 e. The molecule has 0 bridgehead atoms. The first-order chi connectivity index (χ1) is 18.0. The molecule has 0 spiro atoms. The summed E-state index contributed by atoms with van der Waals surface area (Å²) in [5.41, 5.74) is 6.87. The molecule has 0 fully saturated rings. The molecule has 0 atom stereocenters. The van der Waals surface area contributed by atoms with E-state index >= 15 is 0 Å². The minimum atomic E-state index is 0.720. The second-order valence-corrected chi connectivity index (χ2v) is 11.6. The van der Waals surface area contributed by atoms with E-state index in [1.165, 1.54) is 0 Å². The number of aromatic nitrogens is 3. The summed E-state index contributed by atoms with van der Waals surface area (Å²) in [6, 6.07) is 33.3. The zero-order valence-corrected chi connectivity index (χ0v) is 24.0. The monoisotopic (exact) mass is 667 g/mol. The summed E-state index contributed by atoms with van der Waals surface area (Å²) in [7, 11) is 0. The summed E-state index contributed by atoms with van der Waals surface area (Å²) in [6.07, 6.45) is 0. The van der Waals surface area contributed by atoms with Gasteiger partial charge in [-0.2, -0.15) is 0 Å². The highest BCUT2D eigenvalue weighted by atomic mass is 79.9. The van der Waals surface area contributed by atoms with E-state index in [-0.39, 0.29) is 0 Å². The highest BCUT2D eigenvalue weighted by Crippen LogP contribution is 2.42. The van der Waals surface area contributed by atoms with Crippen LogP contribution in [0.2, 0.25) is 0 Å². The number of nitrogens with zero attached hydrogens (tertiary/aromatic N) is 3. The van der Waals surface area contributed by atoms with Gasteiger partial charge >= 0.3 is 0 Å². The molecular weight excluding hydrogens is 654 g/mol. The first-order valence-electron chi connectivity index (χ1n) is 11.7. The number of rotatable bonds is 3. The van der Waals surface area contributed by atoms with Gasteiger partial charge in [-0.15, -0.1) is 0 Å². The van der Waals surface area contributed by atoms with Crippen molar-refractivity contribution >= 4 is 80.4 Å². The minimum absolute atomic E-state index is 0.720. The van der Waals surface area contributed by atoms with E-state index in [1.807, 2.05) is 24.3 Å². The van der Waals surface area contributed by atoms with E-state index in [4.69, 9.17) is 15.0 Å². The largest absolute Gasteiger partial charge is 0.246 e. The molecule has 6 heteroatoms. The molecule has 5 aromatic carbocycles. The molecule has 0 amide bonds. The van der Waals surface area contributed by atoms with E-state index in [0.717, 1.165) is 79.9 Å².